The van der Waals surface area contributed by atoms with E-state index in [1.54, 1.807) is 0 Å². The fourth-order valence-electron chi connectivity index (χ4n) is 7.30. The van der Waals surface area contributed by atoms with Crippen LogP contribution in [0.4, 0.5) is 0 Å². The Balaban J connectivity index is 1.04. The minimum Gasteiger partial charge on any atom is -0.456 e. The van der Waals surface area contributed by atoms with Crippen LogP contribution in [-0.2, 0) is 0 Å². The summed E-state index contributed by atoms with van der Waals surface area (Å²) < 4.78 is 12.7. The van der Waals surface area contributed by atoms with Gasteiger partial charge < -0.3 is 8.83 Å². The monoisotopic (exact) mass is 720 g/mol. The number of nitrogens with zero attached hydrogens (tertiary/aromatic N) is 6. The summed E-state index contributed by atoms with van der Waals surface area (Å²) in [5.74, 6) is 3.47. The van der Waals surface area contributed by atoms with Crippen LogP contribution in [0.25, 0.3) is 112 Å². The van der Waals surface area contributed by atoms with Crippen LogP contribution in [-0.4, -0.2) is 29.9 Å². The van der Waals surface area contributed by atoms with Gasteiger partial charge in [-0.05, 0) is 42.5 Å². The number of benzene rings is 7. The zero-order chi connectivity index (χ0) is 37.0. The highest BCUT2D eigenvalue weighted by atomic mass is 16.3. The molecule has 0 aliphatic carbocycles. The number of furan rings is 2. The third-order valence-electron chi connectivity index (χ3n) is 10.00. The lowest BCUT2D eigenvalue weighted by molar-refractivity contribution is 0.668. The van der Waals surface area contributed by atoms with Crippen molar-refractivity contribution in [1.29, 1.82) is 0 Å². The highest BCUT2D eigenvalue weighted by molar-refractivity contribution is 6.12. The molecule has 0 fully saturated rings. The number of rotatable bonds is 6. The Kier molecular flexibility index (Phi) is 7.31. The predicted molar refractivity (Wildman–Crippen MR) is 220 cm³/mol. The molecule has 0 bridgehead atoms. The first kappa shape index (κ1) is 31.7. The van der Waals surface area contributed by atoms with Gasteiger partial charge in [0.05, 0.1) is 0 Å². The van der Waals surface area contributed by atoms with E-state index in [2.05, 4.69) is 18.2 Å². The molecule has 0 saturated heterocycles. The van der Waals surface area contributed by atoms with E-state index < -0.39 is 0 Å². The van der Waals surface area contributed by atoms with E-state index in [1.165, 1.54) is 0 Å². The second-order valence-corrected chi connectivity index (χ2v) is 13.5. The van der Waals surface area contributed by atoms with Crippen LogP contribution in [0, 0.1) is 0 Å². The number of fused-ring (bicyclic) bond motifs is 6. The van der Waals surface area contributed by atoms with Crippen LogP contribution in [0.1, 0.15) is 0 Å². The van der Waals surface area contributed by atoms with Crippen molar-refractivity contribution in [3.8, 4) is 68.3 Å². The van der Waals surface area contributed by atoms with Crippen molar-refractivity contribution in [2.75, 3.05) is 0 Å². The van der Waals surface area contributed by atoms with E-state index in [0.29, 0.717) is 40.5 Å². The quantitative estimate of drug-likeness (QED) is 0.167. The smallest absolute Gasteiger partial charge is 0.164 e. The topological polar surface area (TPSA) is 104 Å². The van der Waals surface area contributed by atoms with E-state index in [-0.39, 0.29) is 0 Å². The molecule has 0 radical (unpaired) electrons. The maximum atomic E-state index is 6.48. The average Bonchev–Trinajstić information content (AvgIpc) is 3.85. The van der Waals surface area contributed by atoms with Crippen LogP contribution in [0.5, 0.6) is 0 Å². The summed E-state index contributed by atoms with van der Waals surface area (Å²) in [5, 5.41) is 3.88. The summed E-state index contributed by atoms with van der Waals surface area (Å²) in [7, 11) is 0. The molecular weight excluding hydrogens is 693 g/mol. The van der Waals surface area contributed by atoms with E-state index in [4.69, 9.17) is 38.7 Å². The lowest BCUT2D eigenvalue weighted by Gasteiger charge is -2.09. The summed E-state index contributed by atoms with van der Waals surface area (Å²) in [4.78, 5) is 29.8. The zero-order valence-electron chi connectivity index (χ0n) is 29.7. The maximum absolute atomic E-state index is 6.48. The van der Waals surface area contributed by atoms with Crippen molar-refractivity contribution >= 4 is 43.9 Å². The van der Waals surface area contributed by atoms with Crippen molar-refractivity contribution in [3.63, 3.8) is 0 Å². The predicted octanol–water partition coefficient (Wildman–Crippen LogP) is 11.9. The van der Waals surface area contributed by atoms with Crippen LogP contribution >= 0.6 is 0 Å². The van der Waals surface area contributed by atoms with E-state index in [1.807, 2.05) is 152 Å². The van der Waals surface area contributed by atoms with Crippen molar-refractivity contribution in [2.24, 2.45) is 0 Å². The molecule has 4 heterocycles. The molecule has 8 heteroatoms. The van der Waals surface area contributed by atoms with Crippen molar-refractivity contribution < 1.29 is 8.83 Å². The molecule has 262 valence electrons. The van der Waals surface area contributed by atoms with Gasteiger partial charge in [-0.15, -0.1) is 0 Å². The lowest BCUT2D eigenvalue weighted by atomic mass is 10.0. The number of aromatic nitrogens is 6. The van der Waals surface area contributed by atoms with Crippen molar-refractivity contribution in [2.45, 2.75) is 0 Å². The van der Waals surface area contributed by atoms with Gasteiger partial charge in [-0.2, -0.15) is 0 Å². The van der Waals surface area contributed by atoms with Crippen molar-refractivity contribution in [3.05, 3.63) is 170 Å². The van der Waals surface area contributed by atoms with Gasteiger partial charge in [-0.3, -0.25) is 0 Å². The Bertz CT molecular complexity index is 3190. The molecule has 0 spiro atoms. The number of hydrogen-bond donors (Lipinski definition) is 0. The molecule has 8 nitrogen and oxygen atoms in total. The molecule has 0 amide bonds. The molecule has 11 aromatic rings. The van der Waals surface area contributed by atoms with Gasteiger partial charge in [0.1, 0.15) is 22.3 Å². The molecular formula is C48H28N6O2. The minimum atomic E-state index is 0.536. The zero-order valence-corrected chi connectivity index (χ0v) is 29.7. The van der Waals surface area contributed by atoms with Gasteiger partial charge in [0, 0.05) is 54.9 Å². The highest BCUT2D eigenvalue weighted by Gasteiger charge is 2.19. The summed E-state index contributed by atoms with van der Waals surface area (Å²) in [6.45, 7) is 0. The van der Waals surface area contributed by atoms with E-state index >= 15 is 0 Å². The molecule has 56 heavy (non-hydrogen) atoms. The van der Waals surface area contributed by atoms with Gasteiger partial charge >= 0.3 is 0 Å². The normalized spacial score (nSPS) is 11.6. The molecule has 7 aromatic carbocycles. The number of hydrogen-bond acceptors (Lipinski definition) is 8. The standard InChI is InChI=1S/C48H28N6O2/c1-4-13-29(14-5-1)43-49-44(30-15-6-2-7-16-30)51-46(50-43)32-24-26-39-37(27-32)34-25-23-33(28-41(34)56-39)47-52-45(31-17-8-3-9-18-31)53-48(54-47)36-20-12-22-40-42(36)35-19-10-11-21-38(35)55-40/h1-28H. The largest absolute Gasteiger partial charge is 0.456 e. The van der Waals surface area contributed by atoms with Crippen LogP contribution in [0.15, 0.2) is 179 Å². The Morgan fingerprint density at radius 1 is 0.268 bits per heavy atom. The first-order valence-electron chi connectivity index (χ1n) is 18.3. The van der Waals surface area contributed by atoms with Gasteiger partial charge in [-0.25, -0.2) is 29.9 Å². The van der Waals surface area contributed by atoms with Crippen LogP contribution in [0.2, 0.25) is 0 Å². The molecule has 0 aliphatic rings. The highest BCUT2D eigenvalue weighted by Crippen LogP contribution is 2.38. The molecule has 0 aliphatic heterocycles. The van der Waals surface area contributed by atoms with E-state index in [9.17, 15) is 0 Å². The Hall–Kier alpha value is -7.84. The molecule has 0 N–H and O–H groups in total. The molecule has 0 saturated carbocycles. The third kappa shape index (κ3) is 5.47. The molecule has 4 aromatic heterocycles. The Labute approximate surface area is 319 Å². The molecule has 0 atom stereocenters. The first-order chi connectivity index (χ1) is 27.7. The molecule has 0 unspecified atom stereocenters. The maximum Gasteiger partial charge on any atom is 0.164 e. The fourth-order valence-corrected chi connectivity index (χ4v) is 7.30. The lowest BCUT2D eigenvalue weighted by Crippen LogP contribution is -2.00. The second kappa shape index (κ2) is 12.9. The third-order valence-corrected chi connectivity index (χ3v) is 10.00. The summed E-state index contributed by atoms with van der Waals surface area (Å²) in [6, 6.07) is 56.1. The van der Waals surface area contributed by atoms with Gasteiger partial charge in [-0.1, -0.05) is 127 Å². The SMILES string of the molecule is c1ccc(-c2nc(-c3ccccc3)nc(-c3ccc4oc5cc(-c6nc(-c7ccccc7)nc(-c7cccc8oc9ccccc9c78)n6)ccc5c4c3)n2)cc1. The Morgan fingerprint density at radius 3 is 1.36 bits per heavy atom. The summed E-state index contributed by atoms with van der Waals surface area (Å²) in [6.07, 6.45) is 0. The first-order valence-corrected chi connectivity index (χ1v) is 18.3. The van der Waals surface area contributed by atoms with Crippen LogP contribution < -0.4 is 0 Å². The minimum absolute atomic E-state index is 0.536. The summed E-state index contributed by atoms with van der Waals surface area (Å²) in [5.41, 5.74) is 8.32. The van der Waals surface area contributed by atoms with Crippen molar-refractivity contribution in [1.82, 2.24) is 29.9 Å². The summed E-state index contributed by atoms with van der Waals surface area (Å²) >= 11 is 0. The average molecular weight is 721 g/mol. The van der Waals surface area contributed by atoms with Gasteiger partial charge in [0.2, 0.25) is 0 Å². The van der Waals surface area contributed by atoms with E-state index in [0.717, 1.165) is 71.7 Å². The van der Waals surface area contributed by atoms with Gasteiger partial charge in [0.15, 0.2) is 34.9 Å². The molecule has 11 rings (SSSR count). The Morgan fingerprint density at radius 2 is 0.732 bits per heavy atom. The van der Waals surface area contributed by atoms with Gasteiger partial charge in [0.25, 0.3) is 0 Å². The second-order valence-electron chi connectivity index (χ2n) is 13.5. The fraction of sp³-hybridized carbons (Fsp3) is 0. The van der Waals surface area contributed by atoms with Crippen LogP contribution in [0.3, 0.4) is 0 Å². The number of para-hydroxylation sites is 1.